The Morgan fingerprint density at radius 3 is 2.65 bits per heavy atom. The molecule has 0 aliphatic rings. The van der Waals surface area contributed by atoms with E-state index in [2.05, 4.69) is 15.9 Å². The van der Waals surface area contributed by atoms with Crippen molar-refractivity contribution in [3.63, 3.8) is 0 Å². The van der Waals surface area contributed by atoms with Crippen molar-refractivity contribution in [1.29, 1.82) is 0 Å². The molecule has 0 bridgehead atoms. The maximum atomic E-state index is 13.2. The van der Waals surface area contributed by atoms with Gasteiger partial charge in [-0.25, -0.2) is 4.39 Å². The molecule has 0 fully saturated rings. The van der Waals surface area contributed by atoms with Crippen molar-refractivity contribution >= 4 is 33.9 Å². The first kappa shape index (κ1) is 17.0. The molecular formula is C18H14BrFO3. The Hall–Kier alpha value is -2.40. The SMILES string of the molecule is COc1cc(/C=C/C(=O)/C=C/c2cc(F)ccc2Br)ccc1O. The number of rotatable bonds is 5. The van der Waals surface area contributed by atoms with Crippen LogP contribution in [0.5, 0.6) is 11.5 Å². The Morgan fingerprint density at radius 2 is 1.91 bits per heavy atom. The molecule has 0 amide bonds. The zero-order chi connectivity index (χ0) is 16.8. The number of aromatic hydroxyl groups is 1. The number of hydrogen-bond acceptors (Lipinski definition) is 3. The molecule has 0 spiro atoms. The highest BCUT2D eigenvalue weighted by Gasteiger charge is 2.01. The van der Waals surface area contributed by atoms with Crippen LogP contribution in [0.25, 0.3) is 12.2 Å². The zero-order valence-electron chi connectivity index (χ0n) is 12.3. The van der Waals surface area contributed by atoms with Crippen molar-refractivity contribution in [1.82, 2.24) is 0 Å². The van der Waals surface area contributed by atoms with E-state index in [1.807, 2.05) is 0 Å². The fourth-order valence-electron chi connectivity index (χ4n) is 1.85. The average molecular weight is 377 g/mol. The Balaban J connectivity index is 2.09. The van der Waals surface area contributed by atoms with E-state index in [0.29, 0.717) is 21.3 Å². The second-order valence-electron chi connectivity index (χ2n) is 4.67. The molecule has 2 rings (SSSR count). The summed E-state index contributed by atoms with van der Waals surface area (Å²) >= 11 is 3.29. The Morgan fingerprint density at radius 1 is 1.17 bits per heavy atom. The minimum Gasteiger partial charge on any atom is -0.504 e. The van der Waals surface area contributed by atoms with E-state index in [4.69, 9.17) is 4.74 Å². The van der Waals surface area contributed by atoms with Gasteiger partial charge in [-0.1, -0.05) is 28.1 Å². The first-order chi connectivity index (χ1) is 11.0. The molecule has 3 nitrogen and oxygen atoms in total. The summed E-state index contributed by atoms with van der Waals surface area (Å²) < 4.78 is 18.9. The molecule has 0 radical (unpaired) electrons. The molecule has 5 heteroatoms. The van der Waals surface area contributed by atoms with E-state index in [-0.39, 0.29) is 17.3 Å². The Labute approximate surface area is 141 Å². The fourth-order valence-corrected chi connectivity index (χ4v) is 2.22. The third-order valence-electron chi connectivity index (χ3n) is 3.03. The van der Waals surface area contributed by atoms with Gasteiger partial charge >= 0.3 is 0 Å². The summed E-state index contributed by atoms with van der Waals surface area (Å²) in [5, 5.41) is 9.51. The van der Waals surface area contributed by atoms with E-state index in [0.717, 1.165) is 0 Å². The lowest BCUT2D eigenvalue weighted by atomic mass is 10.1. The lowest BCUT2D eigenvalue weighted by Crippen LogP contribution is -1.87. The van der Waals surface area contributed by atoms with Crippen LogP contribution in [-0.4, -0.2) is 18.0 Å². The van der Waals surface area contributed by atoms with Crippen LogP contribution < -0.4 is 4.74 Å². The fraction of sp³-hybridized carbons (Fsp3) is 0.0556. The van der Waals surface area contributed by atoms with Gasteiger partial charge in [0.1, 0.15) is 5.82 Å². The van der Waals surface area contributed by atoms with Gasteiger partial charge in [0, 0.05) is 4.47 Å². The summed E-state index contributed by atoms with van der Waals surface area (Å²) in [6.45, 7) is 0. The van der Waals surface area contributed by atoms with Gasteiger partial charge in [-0.2, -0.15) is 0 Å². The van der Waals surface area contributed by atoms with Crippen molar-refractivity contribution in [2.24, 2.45) is 0 Å². The minimum atomic E-state index is -0.368. The van der Waals surface area contributed by atoms with Gasteiger partial charge < -0.3 is 9.84 Å². The third kappa shape index (κ3) is 4.79. The summed E-state index contributed by atoms with van der Waals surface area (Å²) in [7, 11) is 1.45. The summed E-state index contributed by atoms with van der Waals surface area (Å²) in [6.07, 6.45) is 5.88. The number of carbonyl (C=O) groups is 1. The summed E-state index contributed by atoms with van der Waals surface area (Å²) in [5.41, 5.74) is 1.30. The van der Waals surface area contributed by atoms with Crippen LogP contribution in [0.2, 0.25) is 0 Å². The van der Waals surface area contributed by atoms with E-state index in [1.165, 1.54) is 43.5 Å². The van der Waals surface area contributed by atoms with Gasteiger partial charge in [0.05, 0.1) is 7.11 Å². The first-order valence-electron chi connectivity index (χ1n) is 6.72. The van der Waals surface area contributed by atoms with Gasteiger partial charge in [-0.05, 0) is 59.7 Å². The van der Waals surface area contributed by atoms with Crippen LogP contribution in [0.3, 0.4) is 0 Å². The molecule has 2 aromatic carbocycles. The molecule has 1 N–H and O–H groups in total. The number of ketones is 1. The molecule has 0 atom stereocenters. The molecule has 0 saturated carbocycles. The Bertz CT molecular complexity index is 782. The molecule has 0 unspecified atom stereocenters. The highest BCUT2D eigenvalue weighted by molar-refractivity contribution is 9.10. The van der Waals surface area contributed by atoms with Gasteiger partial charge in [-0.15, -0.1) is 0 Å². The topological polar surface area (TPSA) is 46.5 Å². The molecular weight excluding hydrogens is 363 g/mol. The largest absolute Gasteiger partial charge is 0.504 e. The molecule has 0 aliphatic carbocycles. The van der Waals surface area contributed by atoms with Crippen LogP contribution in [-0.2, 0) is 4.79 Å². The monoisotopic (exact) mass is 376 g/mol. The van der Waals surface area contributed by atoms with Gasteiger partial charge in [0.25, 0.3) is 0 Å². The number of phenolic OH excluding ortho intramolecular Hbond substituents is 1. The highest BCUT2D eigenvalue weighted by Crippen LogP contribution is 2.26. The van der Waals surface area contributed by atoms with Gasteiger partial charge in [0.15, 0.2) is 17.3 Å². The van der Waals surface area contributed by atoms with Crippen molar-refractivity contribution in [3.05, 3.63) is 70.0 Å². The van der Waals surface area contributed by atoms with Crippen LogP contribution in [0.1, 0.15) is 11.1 Å². The number of halogens is 2. The molecule has 118 valence electrons. The molecule has 0 aromatic heterocycles. The number of benzene rings is 2. The normalized spacial score (nSPS) is 11.3. The first-order valence-corrected chi connectivity index (χ1v) is 7.51. The van der Waals surface area contributed by atoms with Crippen LogP contribution >= 0.6 is 15.9 Å². The third-order valence-corrected chi connectivity index (χ3v) is 3.75. The lowest BCUT2D eigenvalue weighted by Gasteiger charge is -2.03. The van der Waals surface area contributed by atoms with E-state index >= 15 is 0 Å². The number of methoxy groups -OCH3 is 1. The standard InChI is InChI=1S/C18H14BrFO3/c1-23-18-10-12(3-9-17(18)22)2-6-15(21)7-4-13-11-14(20)5-8-16(13)19/h2-11,22H,1H3/b6-2+,7-4+. The predicted octanol–water partition coefficient (Wildman–Crippen LogP) is 4.60. The molecule has 0 heterocycles. The molecule has 23 heavy (non-hydrogen) atoms. The zero-order valence-corrected chi connectivity index (χ0v) is 13.9. The summed E-state index contributed by atoms with van der Waals surface area (Å²) in [5.74, 6) is -0.245. The maximum absolute atomic E-state index is 13.2. The summed E-state index contributed by atoms with van der Waals surface area (Å²) in [6, 6.07) is 9.02. The molecule has 0 saturated heterocycles. The van der Waals surface area contributed by atoms with Crippen molar-refractivity contribution in [3.8, 4) is 11.5 Å². The number of hydrogen-bond donors (Lipinski definition) is 1. The minimum absolute atomic E-state index is 0.0341. The predicted molar refractivity (Wildman–Crippen MR) is 91.8 cm³/mol. The quantitative estimate of drug-likeness (QED) is 0.775. The van der Waals surface area contributed by atoms with Crippen LogP contribution in [0.15, 0.2) is 53.0 Å². The second-order valence-corrected chi connectivity index (χ2v) is 5.52. The van der Waals surface area contributed by atoms with Gasteiger partial charge in [0.2, 0.25) is 0 Å². The van der Waals surface area contributed by atoms with Crippen molar-refractivity contribution < 1.29 is 19.0 Å². The number of phenols is 1. The molecule has 2 aromatic rings. The second kappa shape index (κ2) is 7.74. The number of allylic oxidation sites excluding steroid dienone is 2. The molecule has 0 aliphatic heterocycles. The average Bonchev–Trinajstić information content (AvgIpc) is 2.54. The van der Waals surface area contributed by atoms with Crippen molar-refractivity contribution in [2.75, 3.05) is 7.11 Å². The maximum Gasteiger partial charge on any atom is 0.178 e. The number of ether oxygens (including phenoxy) is 1. The van der Waals surface area contributed by atoms with Crippen LogP contribution in [0, 0.1) is 5.82 Å². The van der Waals surface area contributed by atoms with E-state index in [1.54, 1.807) is 24.3 Å². The smallest absolute Gasteiger partial charge is 0.178 e. The van der Waals surface area contributed by atoms with E-state index in [9.17, 15) is 14.3 Å². The highest BCUT2D eigenvalue weighted by atomic mass is 79.9. The van der Waals surface area contributed by atoms with Crippen LogP contribution in [0.4, 0.5) is 4.39 Å². The van der Waals surface area contributed by atoms with E-state index < -0.39 is 0 Å². The summed E-state index contributed by atoms with van der Waals surface area (Å²) in [4.78, 5) is 11.8. The van der Waals surface area contributed by atoms with Crippen molar-refractivity contribution in [2.45, 2.75) is 0 Å². The lowest BCUT2D eigenvalue weighted by molar-refractivity contribution is -0.110. The van der Waals surface area contributed by atoms with Gasteiger partial charge in [-0.3, -0.25) is 4.79 Å². The number of carbonyl (C=O) groups excluding carboxylic acids is 1. The Kier molecular flexibility index (Phi) is 5.71.